The number of fused-ring (bicyclic) bond motifs is 1. The molecule has 2 aromatic heterocycles. The van der Waals surface area contributed by atoms with Crippen LogP contribution in [0.2, 0.25) is 0 Å². The Bertz CT molecular complexity index is 592. The molecule has 1 saturated carbocycles. The Labute approximate surface area is 131 Å². The molecule has 1 fully saturated rings. The Balaban J connectivity index is 1.57. The molecule has 1 aliphatic rings. The Hall–Kier alpha value is -2.04. The van der Waals surface area contributed by atoms with E-state index in [0.717, 1.165) is 36.8 Å². The highest BCUT2D eigenvalue weighted by Gasteiger charge is 2.15. The molecular weight excluding hydrogens is 274 g/mol. The summed E-state index contributed by atoms with van der Waals surface area (Å²) in [6, 6.07) is 6.65. The van der Waals surface area contributed by atoms with Gasteiger partial charge in [-0.15, -0.1) is 0 Å². The van der Waals surface area contributed by atoms with Crippen molar-refractivity contribution in [3.8, 4) is 0 Å². The van der Waals surface area contributed by atoms with E-state index >= 15 is 0 Å². The summed E-state index contributed by atoms with van der Waals surface area (Å²) >= 11 is 0. The minimum Gasteiger partial charge on any atom is -0.357 e. The number of aliphatic imine (C=N–C) groups is 1. The summed E-state index contributed by atoms with van der Waals surface area (Å²) in [6.07, 6.45) is 10.2. The number of imidazole rings is 1. The second kappa shape index (κ2) is 7.29. The third kappa shape index (κ3) is 3.78. The molecule has 0 unspecified atom stereocenters. The summed E-state index contributed by atoms with van der Waals surface area (Å²) in [6.45, 7) is 3.76. The van der Waals surface area contributed by atoms with Crippen LogP contribution < -0.4 is 10.6 Å². The van der Waals surface area contributed by atoms with Crippen molar-refractivity contribution in [3.05, 3.63) is 36.3 Å². The first-order valence-electron chi connectivity index (χ1n) is 8.32. The molecular formula is C17H25N5. The number of guanidine groups is 1. The fourth-order valence-electron chi connectivity index (χ4n) is 2.97. The molecule has 5 nitrogen and oxygen atoms in total. The van der Waals surface area contributed by atoms with Gasteiger partial charge in [0, 0.05) is 37.9 Å². The van der Waals surface area contributed by atoms with Crippen molar-refractivity contribution in [2.24, 2.45) is 4.99 Å². The number of nitrogens with zero attached hydrogens (tertiary/aromatic N) is 3. The summed E-state index contributed by atoms with van der Waals surface area (Å²) in [5.74, 6) is 0.943. The van der Waals surface area contributed by atoms with Gasteiger partial charge in [-0.2, -0.15) is 0 Å². The Morgan fingerprint density at radius 1 is 1.36 bits per heavy atom. The highest BCUT2D eigenvalue weighted by atomic mass is 15.2. The molecule has 118 valence electrons. The first-order chi connectivity index (χ1) is 10.8. The van der Waals surface area contributed by atoms with Gasteiger partial charge in [-0.3, -0.25) is 4.99 Å². The molecule has 0 bridgehead atoms. The largest absolute Gasteiger partial charge is 0.357 e. The van der Waals surface area contributed by atoms with E-state index in [-0.39, 0.29) is 0 Å². The van der Waals surface area contributed by atoms with Crippen LogP contribution in [0.1, 0.15) is 38.3 Å². The van der Waals surface area contributed by atoms with E-state index in [9.17, 15) is 0 Å². The van der Waals surface area contributed by atoms with Crippen LogP contribution in [0.4, 0.5) is 0 Å². The summed E-state index contributed by atoms with van der Waals surface area (Å²) in [5, 5.41) is 6.88. The highest BCUT2D eigenvalue weighted by Crippen LogP contribution is 2.17. The van der Waals surface area contributed by atoms with Gasteiger partial charge in [0.25, 0.3) is 0 Å². The van der Waals surface area contributed by atoms with Gasteiger partial charge in [0.2, 0.25) is 0 Å². The lowest BCUT2D eigenvalue weighted by Crippen LogP contribution is -2.42. The van der Waals surface area contributed by atoms with Crippen LogP contribution >= 0.6 is 0 Å². The van der Waals surface area contributed by atoms with Crippen molar-refractivity contribution < 1.29 is 0 Å². The van der Waals surface area contributed by atoms with Crippen LogP contribution in [0.15, 0.2) is 35.6 Å². The maximum absolute atomic E-state index is 4.69. The zero-order valence-corrected chi connectivity index (χ0v) is 13.3. The molecule has 2 aromatic rings. The van der Waals surface area contributed by atoms with E-state index in [1.807, 2.05) is 24.4 Å². The van der Waals surface area contributed by atoms with E-state index in [4.69, 9.17) is 0 Å². The SMILES string of the molecule is CCNC(=NCCc1cn2ccccc2n1)NC1CCCC1. The summed E-state index contributed by atoms with van der Waals surface area (Å²) in [7, 11) is 0. The van der Waals surface area contributed by atoms with Gasteiger partial charge in [0.1, 0.15) is 5.65 Å². The molecule has 5 heteroatoms. The van der Waals surface area contributed by atoms with Crippen molar-refractivity contribution >= 4 is 11.6 Å². The summed E-state index contributed by atoms with van der Waals surface area (Å²) < 4.78 is 2.06. The normalized spacial score (nSPS) is 16.3. The predicted octanol–water partition coefficient (Wildman–Crippen LogP) is 2.37. The Morgan fingerprint density at radius 2 is 2.23 bits per heavy atom. The molecule has 2 heterocycles. The molecule has 1 aliphatic carbocycles. The number of hydrogen-bond acceptors (Lipinski definition) is 2. The van der Waals surface area contributed by atoms with Crippen LogP contribution in [-0.2, 0) is 6.42 Å². The number of nitrogens with one attached hydrogen (secondary N) is 2. The minimum atomic E-state index is 0.591. The van der Waals surface area contributed by atoms with Crippen LogP contribution in [-0.4, -0.2) is 34.5 Å². The molecule has 3 rings (SSSR count). The highest BCUT2D eigenvalue weighted by molar-refractivity contribution is 5.80. The molecule has 0 radical (unpaired) electrons. The van der Waals surface area contributed by atoms with E-state index in [1.54, 1.807) is 0 Å². The smallest absolute Gasteiger partial charge is 0.191 e. The fraction of sp³-hybridized carbons (Fsp3) is 0.529. The zero-order chi connectivity index (χ0) is 15.2. The second-order valence-corrected chi connectivity index (χ2v) is 5.83. The van der Waals surface area contributed by atoms with E-state index in [1.165, 1.54) is 25.7 Å². The predicted molar refractivity (Wildman–Crippen MR) is 90.3 cm³/mol. The number of aromatic nitrogens is 2. The van der Waals surface area contributed by atoms with Crippen molar-refractivity contribution in [3.63, 3.8) is 0 Å². The van der Waals surface area contributed by atoms with Crippen molar-refractivity contribution in [2.75, 3.05) is 13.1 Å². The molecule has 0 saturated heterocycles. The quantitative estimate of drug-likeness (QED) is 0.658. The second-order valence-electron chi connectivity index (χ2n) is 5.83. The number of rotatable bonds is 5. The Morgan fingerprint density at radius 3 is 3.00 bits per heavy atom. The van der Waals surface area contributed by atoms with Crippen molar-refractivity contribution in [1.29, 1.82) is 0 Å². The third-order valence-electron chi connectivity index (χ3n) is 4.09. The molecule has 0 aliphatic heterocycles. The average Bonchev–Trinajstić information content (AvgIpc) is 3.16. The molecule has 2 N–H and O–H groups in total. The zero-order valence-electron chi connectivity index (χ0n) is 13.3. The first kappa shape index (κ1) is 14.9. The van der Waals surface area contributed by atoms with Crippen LogP contribution in [0.25, 0.3) is 5.65 Å². The average molecular weight is 299 g/mol. The van der Waals surface area contributed by atoms with E-state index in [0.29, 0.717) is 6.04 Å². The maximum atomic E-state index is 4.69. The van der Waals surface area contributed by atoms with Crippen LogP contribution in [0.5, 0.6) is 0 Å². The van der Waals surface area contributed by atoms with Gasteiger partial charge in [0.05, 0.1) is 5.69 Å². The van der Waals surface area contributed by atoms with Crippen LogP contribution in [0.3, 0.4) is 0 Å². The van der Waals surface area contributed by atoms with Gasteiger partial charge in [-0.25, -0.2) is 4.98 Å². The van der Waals surface area contributed by atoms with E-state index < -0.39 is 0 Å². The monoisotopic (exact) mass is 299 g/mol. The van der Waals surface area contributed by atoms with Gasteiger partial charge in [-0.05, 0) is 31.9 Å². The fourth-order valence-corrected chi connectivity index (χ4v) is 2.97. The molecule has 0 atom stereocenters. The number of pyridine rings is 1. The summed E-state index contributed by atoms with van der Waals surface area (Å²) in [5.41, 5.74) is 2.09. The third-order valence-corrected chi connectivity index (χ3v) is 4.09. The van der Waals surface area contributed by atoms with Gasteiger partial charge < -0.3 is 15.0 Å². The van der Waals surface area contributed by atoms with Gasteiger partial charge in [0.15, 0.2) is 5.96 Å². The summed E-state index contributed by atoms with van der Waals surface area (Å²) in [4.78, 5) is 9.30. The number of hydrogen-bond donors (Lipinski definition) is 2. The lowest BCUT2D eigenvalue weighted by atomic mass is 10.2. The Kier molecular flexibility index (Phi) is 4.93. The van der Waals surface area contributed by atoms with Crippen LogP contribution in [0, 0.1) is 0 Å². The topological polar surface area (TPSA) is 53.7 Å². The van der Waals surface area contributed by atoms with Crippen molar-refractivity contribution in [2.45, 2.75) is 45.1 Å². The molecule has 0 amide bonds. The standard InChI is InChI=1S/C17H25N5/c1-2-18-17(21-14-7-3-4-8-14)19-11-10-15-13-22-12-6-5-9-16(22)20-15/h5-6,9,12-14H,2-4,7-8,10-11H2,1H3,(H2,18,19,21). The molecule has 22 heavy (non-hydrogen) atoms. The molecule has 0 aromatic carbocycles. The maximum Gasteiger partial charge on any atom is 0.191 e. The first-order valence-corrected chi connectivity index (χ1v) is 8.32. The molecule has 0 spiro atoms. The van der Waals surface area contributed by atoms with Gasteiger partial charge in [-0.1, -0.05) is 18.9 Å². The minimum absolute atomic E-state index is 0.591. The van der Waals surface area contributed by atoms with Gasteiger partial charge >= 0.3 is 0 Å². The van der Waals surface area contributed by atoms with Crippen molar-refractivity contribution in [1.82, 2.24) is 20.0 Å². The van der Waals surface area contributed by atoms with E-state index in [2.05, 4.69) is 38.1 Å². The lowest BCUT2D eigenvalue weighted by molar-refractivity contribution is 0.614. The lowest BCUT2D eigenvalue weighted by Gasteiger charge is -2.16.